The SMILES string of the molecule is CC1(C)CC(OCc2ccccc2)[C@@H]2C[C@]2(C)C1. The molecular weight excluding hydrogens is 220 g/mol. The summed E-state index contributed by atoms with van der Waals surface area (Å²) in [5.74, 6) is 0.814. The highest BCUT2D eigenvalue weighted by Gasteiger charge is 2.60. The second-order valence-corrected chi connectivity index (χ2v) is 7.34. The van der Waals surface area contributed by atoms with Crippen LogP contribution in [0.15, 0.2) is 30.3 Å². The highest BCUT2D eigenvalue weighted by atomic mass is 16.5. The van der Waals surface area contributed by atoms with E-state index in [-0.39, 0.29) is 0 Å². The Bertz CT molecular complexity index is 420. The lowest BCUT2D eigenvalue weighted by Crippen LogP contribution is -2.33. The molecule has 18 heavy (non-hydrogen) atoms. The van der Waals surface area contributed by atoms with Crippen molar-refractivity contribution in [3.05, 3.63) is 35.9 Å². The summed E-state index contributed by atoms with van der Waals surface area (Å²) in [6, 6.07) is 10.5. The van der Waals surface area contributed by atoms with Crippen molar-refractivity contribution in [2.75, 3.05) is 0 Å². The van der Waals surface area contributed by atoms with Crippen molar-refractivity contribution in [1.82, 2.24) is 0 Å². The van der Waals surface area contributed by atoms with Crippen LogP contribution < -0.4 is 0 Å². The molecule has 1 aromatic rings. The molecule has 1 aromatic carbocycles. The maximum absolute atomic E-state index is 6.22. The lowest BCUT2D eigenvalue weighted by Gasteiger charge is -2.38. The van der Waals surface area contributed by atoms with Gasteiger partial charge in [-0.05, 0) is 41.6 Å². The Morgan fingerprint density at radius 3 is 2.56 bits per heavy atom. The van der Waals surface area contributed by atoms with Crippen LogP contribution >= 0.6 is 0 Å². The average Bonchev–Trinajstić information content (AvgIpc) is 2.97. The number of benzene rings is 1. The molecule has 0 N–H and O–H groups in total. The number of ether oxygens (including phenoxy) is 1. The van der Waals surface area contributed by atoms with Gasteiger partial charge in [-0.3, -0.25) is 0 Å². The molecular formula is C17H24O. The van der Waals surface area contributed by atoms with E-state index in [0.29, 0.717) is 16.9 Å². The summed E-state index contributed by atoms with van der Waals surface area (Å²) in [5, 5.41) is 0. The van der Waals surface area contributed by atoms with Crippen LogP contribution in [0.2, 0.25) is 0 Å². The van der Waals surface area contributed by atoms with Crippen LogP contribution in [0.5, 0.6) is 0 Å². The topological polar surface area (TPSA) is 9.23 Å². The number of hydrogen-bond acceptors (Lipinski definition) is 1. The minimum absolute atomic E-state index is 0.448. The molecule has 2 fully saturated rings. The van der Waals surface area contributed by atoms with Gasteiger partial charge in [0.15, 0.2) is 0 Å². The van der Waals surface area contributed by atoms with Crippen molar-refractivity contribution in [1.29, 1.82) is 0 Å². The molecule has 0 spiro atoms. The van der Waals surface area contributed by atoms with Gasteiger partial charge < -0.3 is 4.74 Å². The lowest BCUT2D eigenvalue weighted by molar-refractivity contribution is -0.0370. The van der Waals surface area contributed by atoms with Gasteiger partial charge in [-0.25, -0.2) is 0 Å². The average molecular weight is 244 g/mol. The molecule has 3 rings (SSSR count). The summed E-state index contributed by atoms with van der Waals surface area (Å²) in [5.41, 5.74) is 2.31. The minimum atomic E-state index is 0.448. The Balaban J connectivity index is 1.63. The Kier molecular flexibility index (Phi) is 2.78. The summed E-state index contributed by atoms with van der Waals surface area (Å²) < 4.78 is 6.22. The van der Waals surface area contributed by atoms with Crippen LogP contribution in [0.25, 0.3) is 0 Å². The van der Waals surface area contributed by atoms with Crippen molar-refractivity contribution in [2.24, 2.45) is 16.7 Å². The Morgan fingerprint density at radius 2 is 1.83 bits per heavy atom. The van der Waals surface area contributed by atoms with Crippen molar-refractivity contribution in [3.8, 4) is 0 Å². The smallest absolute Gasteiger partial charge is 0.0720 e. The molecule has 1 heteroatoms. The molecule has 0 radical (unpaired) electrons. The second kappa shape index (κ2) is 4.09. The van der Waals surface area contributed by atoms with Gasteiger partial charge >= 0.3 is 0 Å². The normalized spacial score (nSPS) is 37.1. The molecule has 2 aliphatic rings. The third-order valence-electron chi connectivity index (χ3n) is 4.81. The predicted octanol–water partition coefficient (Wildman–Crippen LogP) is 4.42. The Morgan fingerprint density at radius 1 is 1.11 bits per heavy atom. The summed E-state index contributed by atoms with van der Waals surface area (Å²) in [7, 11) is 0. The fourth-order valence-corrected chi connectivity index (χ4v) is 4.03. The summed E-state index contributed by atoms with van der Waals surface area (Å²) in [4.78, 5) is 0. The van der Waals surface area contributed by atoms with Gasteiger partial charge in [0.1, 0.15) is 0 Å². The summed E-state index contributed by atoms with van der Waals surface area (Å²) in [6.07, 6.45) is 4.44. The van der Waals surface area contributed by atoms with E-state index in [1.807, 2.05) is 0 Å². The van der Waals surface area contributed by atoms with E-state index in [9.17, 15) is 0 Å². The quantitative estimate of drug-likeness (QED) is 0.765. The zero-order valence-electron chi connectivity index (χ0n) is 11.8. The van der Waals surface area contributed by atoms with E-state index in [1.165, 1.54) is 24.8 Å². The van der Waals surface area contributed by atoms with E-state index < -0.39 is 0 Å². The van der Waals surface area contributed by atoms with Gasteiger partial charge in [-0.1, -0.05) is 51.1 Å². The van der Waals surface area contributed by atoms with Gasteiger partial charge in [0, 0.05) is 0 Å². The van der Waals surface area contributed by atoms with Crippen molar-refractivity contribution < 1.29 is 4.74 Å². The van der Waals surface area contributed by atoms with E-state index in [4.69, 9.17) is 4.74 Å². The zero-order chi connectivity index (χ0) is 12.8. The molecule has 0 heterocycles. The first-order valence-corrected chi connectivity index (χ1v) is 7.14. The maximum atomic E-state index is 6.22. The van der Waals surface area contributed by atoms with E-state index in [1.54, 1.807) is 0 Å². The monoisotopic (exact) mass is 244 g/mol. The van der Waals surface area contributed by atoms with Crippen LogP contribution in [0.1, 0.15) is 45.6 Å². The van der Waals surface area contributed by atoms with Gasteiger partial charge in [0.2, 0.25) is 0 Å². The standard InChI is InChI=1S/C17H24O/c1-16(2)10-15(14-9-17(14,3)12-16)18-11-13-7-5-4-6-8-13/h4-8,14-15H,9-12H2,1-3H3/t14-,15?,17+/m0/s1. The largest absolute Gasteiger partial charge is 0.373 e. The van der Waals surface area contributed by atoms with Gasteiger partial charge in [0.25, 0.3) is 0 Å². The fourth-order valence-electron chi connectivity index (χ4n) is 4.03. The first-order chi connectivity index (χ1) is 8.49. The number of hydrogen-bond donors (Lipinski definition) is 0. The molecule has 1 nitrogen and oxygen atoms in total. The molecule has 0 aromatic heterocycles. The first kappa shape index (κ1) is 12.2. The van der Waals surface area contributed by atoms with Crippen LogP contribution in [-0.2, 0) is 11.3 Å². The molecule has 0 bridgehead atoms. The summed E-state index contributed by atoms with van der Waals surface area (Å²) in [6.45, 7) is 8.00. The van der Waals surface area contributed by atoms with E-state index >= 15 is 0 Å². The molecule has 98 valence electrons. The Hall–Kier alpha value is -0.820. The maximum Gasteiger partial charge on any atom is 0.0720 e. The van der Waals surface area contributed by atoms with Crippen molar-refractivity contribution in [2.45, 2.75) is 52.7 Å². The fraction of sp³-hybridized carbons (Fsp3) is 0.647. The van der Waals surface area contributed by atoms with Crippen LogP contribution in [-0.4, -0.2) is 6.10 Å². The third-order valence-corrected chi connectivity index (χ3v) is 4.81. The molecule has 2 saturated carbocycles. The zero-order valence-corrected chi connectivity index (χ0v) is 11.8. The van der Waals surface area contributed by atoms with Crippen LogP contribution in [0.4, 0.5) is 0 Å². The minimum Gasteiger partial charge on any atom is -0.373 e. The first-order valence-electron chi connectivity index (χ1n) is 7.14. The lowest BCUT2D eigenvalue weighted by atomic mass is 9.71. The highest BCUT2D eigenvalue weighted by Crippen LogP contribution is 2.65. The highest BCUT2D eigenvalue weighted by molar-refractivity contribution is 5.14. The number of fused-ring (bicyclic) bond motifs is 1. The molecule has 0 saturated heterocycles. The van der Waals surface area contributed by atoms with Gasteiger partial charge in [0.05, 0.1) is 12.7 Å². The Labute approximate surface area is 111 Å². The van der Waals surface area contributed by atoms with Crippen LogP contribution in [0, 0.1) is 16.7 Å². The predicted molar refractivity (Wildman–Crippen MR) is 74.2 cm³/mol. The van der Waals surface area contributed by atoms with Crippen molar-refractivity contribution >= 4 is 0 Å². The van der Waals surface area contributed by atoms with Gasteiger partial charge in [-0.2, -0.15) is 0 Å². The van der Waals surface area contributed by atoms with E-state index in [0.717, 1.165) is 12.5 Å². The summed E-state index contributed by atoms with van der Waals surface area (Å²) >= 11 is 0. The van der Waals surface area contributed by atoms with E-state index in [2.05, 4.69) is 51.1 Å². The molecule has 0 amide bonds. The second-order valence-electron chi connectivity index (χ2n) is 7.34. The molecule has 0 aliphatic heterocycles. The van der Waals surface area contributed by atoms with Crippen molar-refractivity contribution in [3.63, 3.8) is 0 Å². The van der Waals surface area contributed by atoms with Crippen LogP contribution in [0.3, 0.4) is 0 Å². The molecule has 2 aliphatic carbocycles. The number of rotatable bonds is 3. The molecule has 3 atom stereocenters. The molecule has 1 unspecified atom stereocenters. The third kappa shape index (κ3) is 2.33. The van der Waals surface area contributed by atoms with Gasteiger partial charge in [-0.15, -0.1) is 0 Å².